The van der Waals surface area contributed by atoms with Crippen LogP contribution in [0.5, 0.6) is 0 Å². The Labute approximate surface area is 104 Å². The lowest BCUT2D eigenvalue weighted by Crippen LogP contribution is -2.26. The molecule has 0 heterocycles. The van der Waals surface area contributed by atoms with Crippen molar-refractivity contribution in [2.45, 2.75) is 39.5 Å². The fourth-order valence-electron chi connectivity index (χ4n) is 2.35. The van der Waals surface area contributed by atoms with Crippen molar-refractivity contribution in [2.24, 2.45) is 5.92 Å². The molecule has 1 aromatic carbocycles. The molecular weight excluding hydrogens is 213 g/mol. The van der Waals surface area contributed by atoms with Crippen molar-refractivity contribution in [3.8, 4) is 0 Å². The zero-order valence-corrected chi connectivity index (χ0v) is 11.2. The standard InChI is InChI=1S/C15H24FN/c1-4-8-12(3)14(11-17-5-2)13-9-6-7-10-15(13)16/h6-7,9-10,12,14,17H,4-5,8,11H2,1-3H3. The molecule has 0 spiro atoms. The Kier molecular flexibility index (Phi) is 6.20. The van der Waals surface area contributed by atoms with E-state index < -0.39 is 0 Å². The summed E-state index contributed by atoms with van der Waals surface area (Å²) in [5.74, 6) is 0.713. The summed E-state index contributed by atoms with van der Waals surface area (Å²) in [5.41, 5.74) is 0.856. The molecule has 2 unspecified atom stereocenters. The third kappa shape index (κ3) is 4.12. The Bertz CT molecular complexity index is 324. The van der Waals surface area contributed by atoms with Crippen molar-refractivity contribution in [3.05, 3.63) is 35.6 Å². The summed E-state index contributed by atoms with van der Waals surface area (Å²) in [6.07, 6.45) is 2.29. The Morgan fingerprint density at radius 3 is 2.53 bits per heavy atom. The minimum absolute atomic E-state index is 0.0710. The SMILES string of the molecule is CCCC(C)C(CNCC)c1ccccc1F. The fraction of sp³-hybridized carbons (Fsp3) is 0.600. The molecule has 0 aliphatic heterocycles. The van der Waals surface area contributed by atoms with Crippen LogP contribution in [0.3, 0.4) is 0 Å². The van der Waals surface area contributed by atoms with Crippen LogP contribution in [0.4, 0.5) is 4.39 Å². The van der Waals surface area contributed by atoms with Gasteiger partial charge in [-0.3, -0.25) is 0 Å². The number of likely N-dealkylation sites (N-methyl/N-ethyl adjacent to an activating group) is 1. The predicted octanol–water partition coefficient (Wildman–Crippen LogP) is 3.96. The molecule has 2 atom stereocenters. The molecule has 96 valence electrons. The molecule has 0 aliphatic rings. The van der Waals surface area contributed by atoms with Crippen LogP contribution in [-0.2, 0) is 0 Å². The van der Waals surface area contributed by atoms with Crippen molar-refractivity contribution in [3.63, 3.8) is 0 Å². The van der Waals surface area contributed by atoms with Crippen LogP contribution >= 0.6 is 0 Å². The highest BCUT2D eigenvalue weighted by atomic mass is 19.1. The van der Waals surface area contributed by atoms with E-state index in [1.807, 2.05) is 12.1 Å². The monoisotopic (exact) mass is 237 g/mol. The van der Waals surface area contributed by atoms with Crippen LogP contribution in [0.1, 0.15) is 45.1 Å². The zero-order valence-electron chi connectivity index (χ0n) is 11.2. The van der Waals surface area contributed by atoms with Gasteiger partial charge in [-0.25, -0.2) is 4.39 Å². The molecule has 0 saturated heterocycles. The number of hydrogen-bond donors (Lipinski definition) is 1. The van der Waals surface area contributed by atoms with Crippen LogP contribution < -0.4 is 5.32 Å². The molecule has 2 heteroatoms. The number of hydrogen-bond acceptors (Lipinski definition) is 1. The molecule has 1 nitrogen and oxygen atoms in total. The lowest BCUT2D eigenvalue weighted by Gasteiger charge is -2.25. The van der Waals surface area contributed by atoms with E-state index in [0.717, 1.165) is 31.5 Å². The smallest absolute Gasteiger partial charge is 0.126 e. The normalized spacial score (nSPS) is 14.6. The van der Waals surface area contributed by atoms with E-state index in [9.17, 15) is 4.39 Å². The molecule has 0 saturated carbocycles. The van der Waals surface area contributed by atoms with E-state index in [-0.39, 0.29) is 11.7 Å². The van der Waals surface area contributed by atoms with Gasteiger partial charge in [-0.2, -0.15) is 0 Å². The molecular formula is C15H24FN. The lowest BCUT2D eigenvalue weighted by molar-refractivity contribution is 0.395. The van der Waals surface area contributed by atoms with Crippen molar-refractivity contribution >= 4 is 0 Å². The van der Waals surface area contributed by atoms with Gasteiger partial charge in [0.25, 0.3) is 0 Å². The zero-order chi connectivity index (χ0) is 12.7. The first-order chi connectivity index (χ1) is 8.20. The summed E-state index contributed by atoms with van der Waals surface area (Å²) in [5, 5.41) is 3.35. The van der Waals surface area contributed by atoms with Gasteiger partial charge in [0.1, 0.15) is 5.82 Å². The highest BCUT2D eigenvalue weighted by Crippen LogP contribution is 2.29. The molecule has 0 fully saturated rings. The van der Waals surface area contributed by atoms with E-state index in [1.165, 1.54) is 0 Å². The number of halogens is 1. The largest absolute Gasteiger partial charge is 0.316 e. The maximum Gasteiger partial charge on any atom is 0.126 e. The summed E-state index contributed by atoms with van der Waals surface area (Å²) >= 11 is 0. The van der Waals surface area contributed by atoms with Gasteiger partial charge < -0.3 is 5.32 Å². The van der Waals surface area contributed by atoms with Gasteiger partial charge in [-0.15, -0.1) is 0 Å². The third-order valence-electron chi connectivity index (χ3n) is 3.35. The van der Waals surface area contributed by atoms with Crippen LogP contribution in [0.2, 0.25) is 0 Å². The molecule has 0 bridgehead atoms. The van der Waals surface area contributed by atoms with E-state index in [1.54, 1.807) is 12.1 Å². The highest BCUT2D eigenvalue weighted by Gasteiger charge is 2.20. The van der Waals surface area contributed by atoms with Gasteiger partial charge in [0.2, 0.25) is 0 Å². The summed E-state index contributed by atoms with van der Waals surface area (Å²) in [6.45, 7) is 8.28. The molecule has 1 aromatic rings. The molecule has 17 heavy (non-hydrogen) atoms. The number of benzene rings is 1. The minimum atomic E-state index is -0.0710. The minimum Gasteiger partial charge on any atom is -0.316 e. The van der Waals surface area contributed by atoms with Crippen molar-refractivity contribution in [2.75, 3.05) is 13.1 Å². The quantitative estimate of drug-likeness (QED) is 0.757. The van der Waals surface area contributed by atoms with Crippen LogP contribution in [0, 0.1) is 11.7 Å². The van der Waals surface area contributed by atoms with E-state index in [0.29, 0.717) is 5.92 Å². The van der Waals surface area contributed by atoms with Gasteiger partial charge in [0.15, 0.2) is 0 Å². The molecule has 0 aliphatic carbocycles. The molecule has 1 N–H and O–H groups in total. The summed E-state index contributed by atoms with van der Waals surface area (Å²) < 4.78 is 13.8. The Morgan fingerprint density at radius 1 is 1.24 bits per heavy atom. The van der Waals surface area contributed by atoms with E-state index in [4.69, 9.17) is 0 Å². The average Bonchev–Trinajstić information content (AvgIpc) is 2.32. The topological polar surface area (TPSA) is 12.0 Å². The second kappa shape index (κ2) is 7.44. The first-order valence-electron chi connectivity index (χ1n) is 6.65. The Hall–Kier alpha value is -0.890. The van der Waals surface area contributed by atoms with Crippen LogP contribution in [0.25, 0.3) is 0 Å². The Balaban J connectivity index is 2.85. The predicted molar refractivity (Wildman–Crippen MR) is 71.8 cm³/mol. The summed E-state index contributed by atoms with van der Waals surface area (Å²) in [6, 6.07) is 7.17. The lowest BCUT2D eigenvalue weighted by atomic mass is 9.84. The fourth-order valence-corrected chi connectivity index (χ4v) is 2.35. The van der Waals surface area contributed by atoms with Gasteiger partial charge in [0.05, 0.1) is 0 Å². The molecule has 0 radical (unpaired) electrons. The number of rotatable bonds is 7. The maximum absolute atomic E-state index is 13.8. The van der Waals surface area contributed by atoms with Gasteiger partial charge >= 0.3 is 0 Å². The highest BCUT2D eigenvalue weighted by molar-refractivity contribution is 5.22. The second-order valence-corrected chi connectivity index (χ2v) is 4.70. The van der Waals surface area contributed by atoms with Gasteiger partial charge in [0, 0.05) is 12.5 Å². The third-order valence-corrected chi connectivity index (χ3v) is 3.35. The van der Waals surface area contributed by atoms with E-state index >= 15 is 0 Å². The molecule has 0 aromatic heterocycles. The van der Waals surface area contributed by atoms with Crippen LogP contribution in [0.15, 0.2) is 24.3 Å². The van der Waals surface area contributed by atoms with Gasteiger partial charge in [-0.05, 0) is 24.1 Å². The number of nitrogens with one attached hydrogen (secondary N) is 1. The van der Waals surface area contributed by atoms with Crippen LogP contribution in [-0.4, -0.2) is 13.1 Å². The van der Waals surface area contributed by atoms with Gasteiger partial charge in [-0.1, -0.05) is 51.8 Å². The van der Waals surface area contributed by atoms with E-state index in [2.05, 4.69) is 26.1 Å². The first kappa shape index (κ1) is 14.2. The summed E-state index contributed by atoms with van der Waals surface area (Å²) in [4.78, 5) is 0. The average molecular weight is 237 g/mol. The van der Waals surface area contributed by atoms with Crippen molar-refractivity contribution < 1.29 is 4.39 Å². The summed E-state index contributed by atoms with van der Waals surface area (Å²) in [7, 11) is 0. The first-order valence-corrected chi connectivity index (χ1v) is 6.65. The van der Waals surface area contributed by atoms with Crippen molar-refractivity contribution in [1.82, 2.24) is 5.32 Å². The van der Waals surface area contributed by atoms with Crippen molar-refractivity contribution in [1.29, 1.82) is 0 Å². The maximum atomic E-state index is 13.8. The molecule has 1 rings (SSSR count). The molecule has 0 amide bonds. The Morgan fingerprint density at radius 2 is 1.94 bits per heavy atom. The second-order valence-electron chi connectivity index (χ2n) is 4.70.